The van der Waals surface area contributed by atoms with E-state index in [1.165, 1.54) is 29.8 Å². The van der Waals surface area contributed by atoms with Crippen molar-refractivity contribution in [1.29, 1.82) is 0 Å². The lowest BCUT2D eigenvalue weighted by atomic mass is 9.98. The molecule has 1 fully saturated rings. The molecule has 3 rings (SSSR count). The zero-order chi connectivity index (χ0) is 25.9. The summed E-state index contributed by atoms with van der Waals surface area (Å²) in [5.41, 5.74) is 5.00. The molecule has 0 aromatic carbocycles. The number of nitrogens with one attached hydrogen (secondary N) is 1. The summed E-state index contributed by atoms with van der Waals surface area (Å²) in [5, 5.41) is 5.76. The standard InChI is InChI=1S/C20H24N6O7S2/c1-6-9-7-34-16-11(22-14(27)10(24-31-5)13-23-19(21)35-25-13)15(28)26(16)12(9)17(29)32-8-33-18(30)20(2,3)4/h6,11,16H,1,7-8H2,2-5H3,(H,22,27)(H2,21,23,25)/t11?,16-/m1/s1. The Balaban J connectivity index is 1.71. The Bertz CT molecular complexity index is 1120. The van der Waals surface area contributed by atoms with Crippen LogP contribution in [0.1, 0.15) is 26.6 Å². The molecule has 2 aliphatic rings. The molecule has 3 heterocycles. The van der Waals surface area contributed by atoms with Crippen molar-refractivity contribution in [3.05, 3.63) is 29.7 Å². The molecule has 1 saturated heterocycles. The summed E-state index contributed by atoms with van der Waals surface area (Å²) in [6, 6.07) is -0.960. The van der Waals surface area contributed by atoms with Crippen molar-refractivity contribution in [2.75, 3.05) is 25.4 Å². The minimum atomic E-state index is -0.960. The van der Waals surface area contributed by atoms with Crippen LogP contribution in [0.25, 0.3) is 0 Å². The van der Waals surface area contributed by atoms with Gasteiger partial charge >= 0.3 is 11.9 Å². The van der Waals surface area contributed by atoms with Gasteiger partial charge in [0, 0.05) is 17.3 Å². The predicted molar refractivity (Wildman–Crippen MR) is 127 cm³/mol. The molecule has 0 radical (unpaired) electrons. The average Bonchev–Trinajstić information content (AvgIpc) is 3.24. The van der Waals surface area contributed by atoms with E-state index >= 15 is 0 Å². The largest absolute Gasteiger partial charge is 0.427 e. The SMILES string of the molecule is C=CC1=C(C(=O)OCOC(=O)C(C)(C)C)N2C(=O)C(NC(=O)C(=NOC)c3nsc(N)n3)[C@H]2SC1. The number of amides is 2. The summed E-state index contributed by atoms with van der Waals surface area (Å²) >= 11 is 2.20. The van der Waals surface area contributed by atoms with Crippen LogP contribution in [-0.4, -0.2) is 74.8 Å². The minimum absolute atomic E-state index is 0.0224. The van der Waals surface area contributed by atoms with E-state index in [1.807, 2.05) is 0 Å². The zero-order valence-electron chi connectivity index (χ0n) is 19.4. The van der Waals surface area contributed by atoms with Crippen molar-refractivity contribution in [3.63, 3.8) is 0 Å². The first kappa shape index (κ1) is 26.2. The number of ether oxygens (including phenoxy) is 2. The third-order valence-corrected chi connectivity index (χ3v) is 6.61. The Kier molecular flexibility index (Phi) is 7.80. The zero-order valence-corrected chi connectivity index (χ0v) is 21.0. The highest BCUT2D eigenvalue weighted by molar-refractivity contribution is 8.00. The maximum Gasteiger partial charge on any atom is 0.358 e. The van der Waals surface area contributed by atoms with Gasteiger partial charge in [-0.05, 0) is 26.3 Å². The van der Waals surface area contributed by atoms with Crippen molar-refractivity contribution >= 4 is 57.9 Å². The number of thioether (sulfide) groups is 1. The Hall–Kier alpha value is -3.46. The van der Waals surface area contributed by atoms with E-state index in [4.69, 9.17) is 20.0 Å². The Morgan fingerprint density at radius 1 is 1.34 bits per heavy atom. The number of oxime groups is 1. The number of hydrogen-bond acceptors (Lipinski definition) is 13. The number of anilines is 1. The fraction of sp³-hybridized carbons (Fsp3) is 0.450. The highest BCUT2D eigenvalue weighted by atomic mass is 32.2. The van der Waals surface area contributed by atoms with Crippen LogP contribution in [0.2, 0.25) is 0 Å². The maximum atomic E-state index is 13.0. The quantitative estimate of drug-likeness (QED) is 0.158. The number of carbonyl (C=O) groups is 4. The number of nitrogen functional groups attached to an aromatic ring is 1. The van der Waals surface area contributed by atoms with Gasteiger partial charge < -0.3 is 25.4 Å². The van der Waals surface area contributed by atoms with Crippen LogP contribution in [0.3, 0.4) is 0 Å². The fourth-order valence-electron chi connectivity index (χ4n) is 3.03. The number of allylic oxidation sites excluding steroid dienone is 1. The topological polar surface area (TPSA) is 175 Å². The summed E-state index contributed by atoms with van der Waals surface area (Å²) in [4.78, 5) is 60.3. The third kappa shape index (κ3) is 5.45. The van der Waals surface area contributed by atoms with E-state index in [2.05, 4.69) is 26.4 Å². The molecule has 15 heteroatoms. The average molecular weight is 525 g/mol. The molecule has 3 N–H and O–H groups in total. The summed E-state index contributed by atoms with van der Waals surface area (Å²) < 4.78 is 14.0. The second kappa shape index (κ2) is 10.4. The van der Waals surface area contributed by atoms with Gasteiger partial charge in [0.25, 0.3) is 11.8 Å². The molecule has 1 aromatic heterocycles. The number of aromatic nitrogens is 2. The van der Waals surface area contributed by atoms with E-state index in [9.17, 15) is 19.2 Å². The van der Waals surface area contributed by atoms with Gasteiger partial charge in [-0.2, -0.15) is 9.36 Å². The number of β-lactam (4-membered cyclic amide) rings is 1. The number of nitrogens with two attached hydrogens (primary N) is 1. The highest BCUT2D eigenvalue weighted by Crippen LogP contribution is 2.41. The molecular formula is C20H24N6O7S2. The van der Waals surface area contributed by atoms with Gasteiger partial charge in [0.1, 0.15) is 24.2 Å². The molecule has 2 amide bonds. The first-order valence-corrected chi connectivity index (χ1v) is 12.0. The summed E-state index contributed by atoms with van der Waals surface area (Å²) in [7, 11) is 1.24. The van der Waals surface area contributed by atoms with Crippen molar-refractivity contribution < 1.29 is 33.5 Å². The minimum Gasteiger partial charge on any atom is -0.427 e. The van der Waals surface area contributed by atoms with Crippen molar-refractivity contribution in [1.82, 2.24) is 19.6 Å². The van der Waals surface area contributed by atoms with Gasteiger partial charge in [-0.25, -0.2) is 4.79 Å². The molecule has 0 spiro atoms. The Morgan fingerprint density at radius 2 is 2.06 bits per heavy atom. The van der Waals surface area contributed by atoms with Gasteiger partial charge in [-0.15, -0.1) is 11.8 Å². The normalized spacial score (nSPS) is 19.9. The van der Waals surface area contributed by atoms with Gasteiger partial charge in [0.15, 0.2) is 5.13 Å². The van der Waals surface area contributed by atoms with E-state index in [-0.39, 0.29) is 22.4 Å². The Morgan fingerprint density at radius 3 is 2.63 bits per heavy atom. The van der Waals surface area contributed by atoms with Crippen LogP contribution in [-0.2, 0) is 33.5 Å². The van der Waals surface area contributed by atoms with Crippen molar-refractivity contribution in [2.45, 2.75) is 32.2 Å². The van der Waals surface area contributed by atoms with Crippen LogP contribution in [0.5, 0.6) is 0 Å². The first-order chi connectivity index (χ1) is 16.5. The molecular weight excluding hydrogens is 500 g/mol. The molecule has 2 aliphatic heterocycles. The summed E-state index contributed by atoms with van der Waals surface area (Å²) in [6.45, 7) is 8.06. The number of nitrogens with zero attached hydrogens (tertiary/aromatic N) is 4. The molecule has 1 unspecified atom stereocenters. The van der Waals surface area contributed by atoms with Gasteiger partial charge in [-0.1, -0.05) is 17.8 Å². The lowest BCUT2D eigenvalue weighted by molar-refractivity contribution is -0.173. The molecule has 0 aliphatic carbocycles. The van der Waals surface area contributed by atoms with Crippen molar-refractivity contribution in [2.24, 2.45) is 10.6 Å². The van der Waals surface area contributed by atoms with E-state index in [0.29, 0.717) is 11.3 Å². The third-order valence-electron chi connectivity index (χ3n) is 4.77. The van der Waals surface area contributed by atoms with Crippen LogP contribution < -0.4 is 11.1 Å². The molecule has 1 aromatic rings. The van der Waals surface area contributed by atoms with Crippen LogP contribution in [0, 0.1) is 5.41 Å². The lowest BCUT2D eigenvalue weighted by Gasteiger charge is -2.49. The van der Waals surface area contributed by atoms with Crippen LogP contribution >= 0.6 is 23.3 Å². The fourth-order valence-corrected chi connectivity index (χ4v) is 4.80. The van der Waals surface area contributed by atoms with Gasteiger partial charge in [0.2, 0.25) is 18.3 Å². The Labute approximate surface area is 208 Å². The second-order valence-corrected chi connectivity index (χ2v) is 10.1. The van der Waals surface area contributed by atoms with Crippen molar-refractivity contribution in [3.8, 4) is 0 Å². The highest BCUT2D eigenvalue weighted by Gasteiger charge is 2.54. The molecule has 2 atom stereocenters. The molecule has 0 saturated carbocycles. The number of carbonyl (C=O) groups excluding carboxylic acids is 4. The molecule has 188 valence electrons. The van der Waals surface area contributed by atoms with Crippen LogP contribution in [0.15, 0.2) is 29.1 Å². The monoisotopic (exact) mass is 524 g/mol. The van der Waals surface area contributed by atoms with Crippen LogP contribution in [0.4, 0.5) is 5.13 Å². The molecule has 13 nitrogen and oxygen atoms in total. The number of rotatable bonds is 8. The number of esters is 2. The summed E-state index contributed by atoms with van der Waals surface area (Å²) in [6.07, 6.45) is 1.45. The van der Waals surface area contributed by atoms with E-state index in [1.54, 1.807) is 20.8 Å². The molecule has 35 heavy (non-hydrogen) atoms. The number of fused-ring (bicyclic) bond motifs is 1. The predicted octanol–water partition coefficient (Wildman–Crippen LogP) is 0.401. The van der Waals surface area contributed by atoms with Gasteiger partial charge in [-0.3, -0.25) is 19.3 Å². The van der Waals surface area contributed by atoms with E-state index < -0.39 is 47.4 Å². The summed E-state index contributed by atoms with van der Waals surface area (Å²) in [5.74, 6) is -2.41. The second-order valence-electron chi connectivity index (χ2n) is 8.25. The van der Waals surface area contributed by atoms with Gasteiger partial charge in [0.05, 0.1) is 5.41 Å². The first-order valence-electron chi connectivity index (χ1n) is 10.2. The molecule has 0 bridgehead atoms. The lowest BCUT2D eigenvalue weighted by Crippen LogP contribution is -2.71. The van der Waals surface area contributed by atoms with E-state index in [0.717, 1.165) is 11.5 Å². The smallest absolute Gasteiger partial charge is 0.358 e. The maximum absolute atomic E-state index is 13.0. The number of hydrogen-bond donors (Lipinski definition) is 2.